The summed E-state index contributed by atoms with van der Waals surface area (Å²) in [5.41, 5.74) is 2.40. The Balaban J connectivity index is 1.78. The monoisotopic (exact) mass is 352 g/mol. The number of piperidine rings is 1. The fourth-order valence-electron chi connectivity index (χ4n) is 4.11. The van der Waals surface area contributed by atoms with Gasteiger partial charge >= 0.3 is 0 Å². The summed E-state index contributed by atoms with van der Waals surface area (Å²) < 4.78 is 5.06. The van der Waals surface area contributed by atoms with Crippen LogP contribution in [0.15, 0.2) is 30.3 Å². The molecule has 2 heterocycles. The van der Waals surface area contributed by atoms with Crippen molar-refractivity contribution in [2.75, 3.05) is 38.3 Å². The van der Waals surface area contributed by atoms with E-state index in [1.165, 1.54) is 24.2 Å². The highest BCUT2D eigenvalue weighted by molar-refractivity contribution is 6.26. The molecule has 2 aromatic rings. The molecule has 1 saturated heterocycles. The van der Waals surface area contributed by atoms with E-state index < -0.39 is 0 Å². The van der Waals surface area contributed by atoms with Crippen LogP contribution in [-0.4, -0.2) is 50.1 Å². The van der Waals surface area contributed by atoms with Crippen LogP contribution in [0.4, 0.5) is 5.69 Å². The number of rotatable bonds is 5. The van der Waals surface area contributed by atoms with Crippen molar-refractivity contribution in [3.05, 3.63) is 41.5 Å². The zero-order valence-corrected chi connectivity index (χ0v) is 15.2. The molecule has 2 aliphatic rings. The Morgan fingerprint density at radius 2 is 1.69 bits per heavy atom. The molecule has 2 aromatic carbocycles. The molecule has 136 valence electrons. The Morgan fingerprint density at radius 3 is 2.42 bits per heavy atom. The number of carbonyl (C=O) groups is 2. The third kappa shape index (κ3) is 2.76. The molecule has 0 radical (unpaired) electrons. The lowest BCUT2D eigenvalue weighted by Gasteiger charge is -2.32. The largest absolute Gasteiger partial charge is 0.385 e. The molecule has 0 atom stereocenters. The average molecular weight is 352 g/mol. The highest BCUT2D eigenvalue weighted by Crippen LogP contribution is 2.36. The second-order valence-corrected chi connectivity index (χ2v) is 7.02. The summed E-state index contributed by atoms with van der Waals surface area (Å²) in [5, 5.41) is 1.83. The minimum Gasteiger partial charge on any atom is -0.385 e. The highest BCUT2D eigenvalue weighted by atomic mass is 16.5. The van der Waals surface area contributed by atoms with Crippen molar-refractivity contribution in [1.82, 2.24) is 4.90 Å². The Labute approximate surface area is 153 Å². The van der Waals surface area contributed by atoms with Gasteiger partial charge in [-0.25, -0.2) is 0 Å². The van der Waals surface area contributed by atoms with Gasteiger partial charge in [0.1, 0.15) is 0 Å². The maximum absolute atomic E-state index is 12.9. The number of hydrogen-bond acceptors (Lipinski definition) is 4. The quantitative estimate of drug-likeness (QED) is 0.611. The van der Waals surface area contributed by atoms with Crippen molar-refractivity contribution >= 4 is 28.3 Å². The molecule has 0 N–H and O–H groups in total. The molecule has 1 fully saturated rings. The fraction of sp³-hybridized carbons (Fsp3) is 0.429. The van der Waals surface area contributed by atoms with Crippen LogP contribution in [-0.2, 0) is 4.74 Å². The first-order valence-electron chi connectivity index (χ1n) is 9.38. The van der Waals surface area contributed by atoms with Crippen LogP contribution in [0.25, 0.3) is 10.8 Å². The molecule has 0 bridgehead atoms. The minimum absolute atomic E-state index is 0.194. The van der Waals surface area contributed by atoms with Gasteiger partial charge in [-0.05, 0) is 43.9 Å². The van der Waals surface area contributed by atoms with E-state index in [1.807, 2.05) is 30.3 Å². The van der Waals surface area contributed by atoms with Gasteiger partial charge in [-0.1, -0.05) is 12.1 Å². The van der Waals surface area contributed by atoms with Crippen molar-refractivity contribution < 1.29 is 14.3 Å². The van der Waals surface area contributed by atoms with E-state index in [9.17, 15) is 9.59 Å². The van der Waals surface area contributed by atoms with Crippen molar-refractivity contribution in [3.63, 3.8) is 0 Å². The zero-order chi connectivity index (χ0) is 18.1. The molecule has 5 nitrogen and oxygen atoms in total. The number of nitrogens with zero attached hydrogens (tertiary/aromatic N) is 2. The number of anilines is 1. The molecule has 0 aromatic heterocycles. The second-order valence-electron chi connectivity index (χ2n) is 7.02. The third-order valence-corrected chi connectivity index (χ3v) is 5.40. The maximum Gasteiger partial charge on any atom is 0.261 e. The number of methoxy groups -OCH3 is 1. The smallest absolute Gasteiger partial charge is 0.261 e. The molecular formula is C21H24N2O3. The van der Waals surface area contributed by atoms with Crippen molar-refractivity contribution in [3.8, 4) is 0 Å². The number of hydrogen-bond donors (Lipinski definition) is 0. The van der Waals surface area contributed by atoms with E-state index in [-0.39, 0.29) is 11.8 Å². The van der Waals surface area contributed by atoms with Gasteiger partial charge in [-0.15, -0.1) is 0 Å². The van der Waals surface area contributed by atoms with Gasteiger partial charge in [0.2, 0.25) is 0 Å². The SMILES string of the molecule is COCCCN1C(=O)c2cccc3c(N4CCCCC4)ccc(c23)C1=O. The van der Waals surface area contributed by atoms with E-state index in [1.54, 1.807) is 7.11 Å². The molecule has 5 heteroatoms. The standard InChI is InChI=1S/C21H24N2O3/c1-26-14-6-13-23-20(24)16-8-5-7-15-18(22-11-3-2-4-12-22)10-9-17(19(15)16)21(23)25/h5,7-10H,2-4,6,11-14H2,1H3. The third-order valence-electron chi connectivity index (χ3n) is 5.40. The topological polar surface area (TPSA) is 49.9 Å². The lowest BCUT2D eigenvalue weighted by molar-refractivity contribution is 0.0595. The number of ether oxygens (including phenoxy) is 1. The van der Waals surface area contributed by atoms with Crippen LogP contribution in [0.3, 0.4) is 0 Å². The van der Waals surface area contributed by atoms with E-state index in [4.69, 9.17) is 4.74 Å². The van der Waals surface area contributed by atoms with Crippen LogP contribution < -0.4 is 4.90 Å². The molecule has 0 unspecified atom stereocenters. The lowest BCUT2D eigenvalue weighted by atomic mass is 9.92. The Hall–Kier alpha value is -2.40. The molecule has 2 amide bonds. The van der Waals surface area contributed by atoms with Gasteiger partial charge in [-0.3, -0.25) is 14.5 Å². The molecule has 0 saturated carbocycles. The van der Waals surface area contributed by atoms with Crippen LogP contribution in [0.2, 0.25) is 0 Å². The summed E-state index contributed by atoms with van der Waals surface area (Å²) >= 11 is 0. The van der Waals surface area contributed by atoms with E-state index in [0.29, 0.717) is 30.7 Å². The molecule has 0 spiro atoms. The van der Waals surface area contributed by atoms with Crippen molar-refractivity contribution in [2.24, 2.45) is 0 Å². The first-order chi connectivity index (χ1) is 12.7. The number of benzene rings is 2. The molecule has 2 aliphatic heterocycles. The Bertz CT molecular complexity index is 833. The normalized spacial score (nSPS) is 17.3. The predicted molar refractivity (Wildman–Crippen MR) is 102 cm³/mol. The fourth-order valence-corrected chi connectivity index (χ4v) is 4.11. The number of imide groups is 1. The van der Waals surface area contributed by atoms with Crippen LogP contribution >= 0.6 is 0 Å². The van der Waals surface area contributed by atoms with E-state index >= 15 is 0 Å². The van der Waals surface area contributed by atoms with Crippen LogP contribution in [0, 0.1) is 0 Å². The molecule has 4 rings (SSSR count). The Kier molecular flexibility index (Phi) is 4.64. The Morgan fingerprint density at radius 1 is 0.962 bits per heavy atom. The zero-order valence-electron chi connectivity index (χ0n) is 15.2. The summed E-state index contributed by atoms with van der Waals surface area (Å²) in [6.45, 7) is 2.98. The van der Waals surface area contributed by atoms with Gasteiger partial charge in [0.15, 0.2) is 0 Å². The molecule has 0 aliphatic carbocycles. The van der Waals surface area contributed by atoms with Gasteiger partial charge in [0.05, 0.1) is 0 Å². The van der Waals surface area contributed by atoms with Gasteiger partial charge in [0, 0.05) is 60.9 Å². The van der Waals surface area contributed by atoms with E-state index in [2.05, 4.69) is 4.90 Å². The summed E-state index contributed by atoms with van der Waals surface area (Å²) in [6, 6.07) is 9.74. The van der Waals surface area contributed by atoms with Gasteiger partial charge in [-0.2, -0.15) is 0 Å². The first kappa shape index (κ1) is 17.0. The number of amides is 2. The van der Waals surface area contributed by atoms with Crippen LogP contribution in [0.1, 0.15) is 46.4 Å². The second kappa shape index (κ2) is 7.08. The van der Waals surface area contributed by atoms with Crippen LogP contribution in [0.5, 0.6) is 0 Å². The first-order valence-corrected chi connectivity index (χ1v) is 9.38. The molecular weight excluding hydrogens is 328 g/mol. The summed E-state index contributed by atoms with van der Waals surface area (Å²) in [6.07, 6.45) is 4.29. The maximum atomic E-state index is 12.9. The van der Waals surface area contributed by atoms with Gasteiger partial charge in [0.25, 0.3) is 11.8 Å². The molecule has 26 heavy (non-hydrogen) atoms. The summed E-state index contributed by atoms with van der Waals surface area (Å²) in [4.78, 5) is 29.6. The van der Waals surface area contributed by atoms with Crippen molar-refractivity contribution in [1.29, 1.82) is 0 Å². The average Bonchev–Trinajstić information content (AvgIpc) is 2.69. The highest BCUT2D eigenvalue weighted by Gasteiger charge is 2.33. The minimum atomic E-state index is -0.194. The van der Waals surface area contributed by atoms with E-state index in [0.717, 1.165) is 29.5 Å². The number of carbonyl (C=O) groups excluding carboxylic acids is 2. The summed E-state index contributed by atoms with van der Waals surface area (Å²) in [5.74, 6) is -0.389. The van der Waals surface area contributed by atoms with Crippen molar-refractivity contribution in [2.45, 2.75) is 25.7 Å². The lowest BCUT2D eigenvalue weighted by Crippen LogP contribution is -2.41. The summed E-state index contributed by atoms with van der Waals surface area (Å²) in [7, 11) is 1.62. The predicted octanol–water partition coefficient (Wildman–Crippen LogP) is 3.46. The van der Waals surface area contributed by atoms with Gasteiger partial charge < -0.3 is 9.64 Å².